The van der Waals surface area contributed by atoms with Gasteiger partial charge in [-0.1, -0.05) is 24.6 Å². The van der Waals surface area contributed by atoms with Crippen molar-refractivity contribution in [1.82, 2.24) is 20.9 Å². The van der Waals surface area contributed by atoms with Gasteiger partial charge < -0.3 is 42.6 Å². The zero-order valence-electron chi connectivity index (χ0n) is 23.1. The third-order valence-electron chi connectivity index (χ3n) is 6.54. The van der Waals surface area contributed by atoms with Crippen LogP contribution in [-0.2, 0) is 30.4 Å². The number of carboxylic acid groups (broad SMARTS) is 2. The number of aromatic nitrogens is 1. The molecule has 14 heteroatoms. The van der Waals surface area contributed by atoms with Gasteiger partial charge in [0.05, 0.1) is 6.04 Å². The minimum Gasteiger partial charge on any atom is -0.481 e. The minimum atomic E-state index is -1.44. The van der Waals surface area contributed by atoms with Crippen molar-refractivity contribution in [1.29, 1.82) is 0 Å². The van der Waals surface area contributed by atoms with Crippen LogP contribution in [0.3, 0.4) is 0 Å². The highest BCUT2D eigenvalue weighted by atomic mass is 32.2. The summed E-state index contributed by atoms with van der Waals surface area (Å²) in [5.41, 5.74) is 13.2. The van der Waals surface area contributed by atoms with E-state index < -0.39 is 60.2 Å². The molecular weight excluding hydrogens is 552 g/mol. The molecule has 41 heavy (non-hydrogen) atoms. The van der Waals surface area contributed by atoms with Crippen molar-refractivity contribution in [2.24, 2.45) is 11.5 Å². The van der Waals surface area contributed by atoms with Gasteiger partial charge in [-0.2, -0.15) is 11.8 Å². The molecule has 1 aromatic carbocycles. The van der Waals surface area contributed by atoms with Gasteiger partial charge in [-0.3, -0.25) is 19.2 Å². The number of unbranched alkanes of at least 4 members (excludes halogenated alkanes) is 1. The molecule has 0 fully saturated rings. The molecule has 2 aromatic rings. The van der Waals surface area contributed by atoms with Gasteiger partial charge in [-0.05, 0) is 55.9 Å². The molecule has 10 N–H and O–H groups in total. The third-order valence-corrected chi connectivity index (χ3v) is 7.19. The minimum absolute atomic E-state index is 0.102. The van der Waals surface area contributed by atoms with Crippen molar-refractivity contribution >= 4 is 52.3 Å². The van der Waals surface area contributed by atoms with E-state index in [0.717, 1.165) is 16.5 Å². The lowest BCUT2D eigenvalue weighted by atomic mass is 10.0. The number of para-hydroxylation sites is 1. The number of carbonyl (C=O) groups excluding carboxylic acids is 3. The number of nitrogens with two attached hydrogens (primary N) is 2. The molecule has 0 saturated heterocycles. The SMILES string of the molecule is CSCCC(NC(=O)C(Cc1c[nH]c2ccccc12)NC(=O)C(N)CCCCN)C(=O)NC(CCC(=O)O)C(=O)O. The first-order valence-electron chi connectivity index (χ1n) is 13.4. The van der Waals surface area contributed by atoms with Crippen LogP contribution in [-0.4, -0.2) is 87.6 Å². The number of H-pyrrole nitrogens is 1. The molecule has 0 aliphatic heterocycles. The summed E-state index contributed by atoms with van der Waals surface area (Å²) >= 11 is 1.43. The Morgan fingerprint density at radius 1 is 0.902 bits per heavy atom. The van der Waals surface area contributed by atoms with Crippen LogP contribution in [0.4, 0.5) is 0 Å². The van der Waals surface area contributed by atoms with Gasteiger partial charge in [-0.25, -0.2) is 4.79 Å². The van der Waals surface area contributed by atoms with Crippen molar-refractivity contribution in [3.8, 4) is 0 Å². The highest BCUT2D eigenvalue weighted by Crippen LogP contribution is 2.19. The van der Waals surface area contributed by atoms with Gasteiger partial charge >= 0.3 is 11.9 Å². The second kappa shape index (κ2) is 17.3. The molecule has 0 radical (unpaired) electrons. The van der Waals surface area contributed by atoms with E-state index >= 15 is 0 Å². The van der Waals surface area contributed by atoms with Crippen molar-refractivity contribution in [2.75, 3.05) is 18.6 Å². The summed E-state index contributed by atoms with van der Waals surface area (Å²) in [7, 11) is 0. The maximum absolute atomic E-state index is 13.6. The van der Waals surface area contributed by atoms with Crippen LogP contribution in [0, 0.1) is 0 Å². The van der Waals surface area contributed by atoms with Crippen molar-refractivity contribution in [3.63, 3.8) is 0 Å². The maximum Gasteiger partial charge on any atom is 0.326 e. The number of benzene rings is 1. The summed E-state index contributed by atoms with van der Waals surface area (Å²) in [6, 6.07) is 2.97. The number of carboxylic acids is 2. The number of aliphatic carboxylic acids is 2. The molecule has 3 amide bonds. The molecule has 0 aliphatic carbocycles. The zero-order chi connectivity index (χ0) is 30.4. The summed E-state index contributed by atoms with van der Waals surface area (Å²) in [5, 5.41) is 26.9. The Balaban J connectivity index is 2.25. The number of hydrogen-bond donors (Lipinski definition) is 8. The first-order chi connectivity index (χ1) is 19.6. The largest absolute Gasteiger partial charge is 0.481 e. The van der Waals surface area contributed by atoms with Crippen LogP contribution in [0.15, 0.2) is 30.5 Å². The van der Waals surface area contributed by atoms with Crippen LogP contribution in [0.25, 0.3) is 10.9 Å². The topological polar surface area (TPSA) is 230 Å². The highest BCUT2D eigenvalue weighted by molar-refractivity contribution is 7.98. The number of aromatic amines is 1. The number of amides is 3. The zero-order valence-corrected chi connectivity index (χ0v) is 23.9. The fraction of sp³-hybridized carbons (Fsp3) is 0.519. The van der Waals surface area contributed by atoms with Gasteiger partial charge in [0.2, 0.25) is 17.7 Å². The van der Waals surface area contributed by atoms with Gasteiger partial charge in [0, 0.05) is 29.9 Å². The third kappa shape index (κ3) is 11.1. The molecular formula is C27H40N6O7S. The number of carbonyl (C=O) groups is 5. The summed E-state index contributed by atoms with van der Waals surface area (Å²) in [6.45, 7) is 0.471. The van der Waals surface area contributed by atoms with Crippen LogP contribution >= 0.6 is 11.8 Å². The monoisotopic (exact) mass is 592 g/mol. The molecule has 4 unspecified atom stereocenters. The number of hydrogen-bond acceptors (Lipinski definition) is 8. The average Bonchev–Trinajstić information content (AvgIpc) is 3.35. The van der Waals surface area contributed by atoms with Crippen molar-refractivity contribution < 1.29 is 34.2 Å². The van der Waals surface area contributed by atoms with Gasteiger partial charge in [0.1, 0.15) is 18.1 Å². The first-order valence-corrected chi connectivity index (χ1v) is 14.8. The maximum atomic E-state index is 13.6. The lowest BCUT2D eigenvalue weighted by Gasteiger charge is -2.25. The predicted octanol–water partition coefficient (Wildman–Crippen LogP) is 0.324. The Morgan fingerprint density at radius 2 is 1.56 bits per heavy atom. The predicted molar refractivity (Wildman–Crippen MR) is 156 cm³/mol. The van der Waals surface area contributed by atoms with Crippen molar-refractivity contribution in [2.45, 2.75) is 69.1 Å². The Bertz CT molecular complexity index is 1190. The molecule has 226 valence electrons. The molecule has 13 nitrogen and oxygen atoms in total. The van der Waals surface area contributed by atoms with E-state index in [1.165, 1.54) is 11.8 Å². The molecule has 0 aliphatic rings. The fourth-order valence-electron chi connectivity index (χ4n) is 4.22. The standard InChI is InChI=1S/C27H40N6O7S/c1-41-13-11-20(25(37)32-21(27(39)40)9-10-23(34)35)31-26(38)22(33-24(36)18(29)7-4-5-12-28)14-16-15-30-19-8-3-2-6-17(16)19/h2-3,6,8,15,18,20-22,30H,4-5,7,9-14,28-29H2,1H3,(H,31,38)(H,32,37)(H,33,36)(H,34,35)(H,39,40). The van der Waals surface area contributed by atoms with E-state index in [1.807, 2.05) is 30.5 Å². The molecule has 4 atom stereocenters. The van der Waals surface area contributed by atoms with Crippen LogP contribution in [0.2, 0.25) is 0 Å². The van der Waals surface area contributed by atoms with Crippen molar-refractivity contribution in [3.05, 3.63) is 36.0 Å². The molecule has 0 bridgehead atoms. The quantitative estimate of drug-likeness (QED) is 0.104. The first kappa shape index (κ1) is 33.6. The van der Waals surface area contributed by atoms with E-state index in [4.69, 9.17) is 16.6 Å². The lowest BCUT2D eigenvalue weighted by Crippen LogP contribution is -2.57. The number of thioether (sulfide) groups is 1. The summed E-state index contributed by atoms with van der Waals surface area (Å²) < 4.78 is 0. The summed E-state index contributed by atoms with van der Waals surface area (Å²) in [5.74, 6) is -4.04. The van der Waals surface area contributed by atoms with E-state index in [0.29, 0.717) is 31.6 Å². The van der Waals surface area contributed by atoms with Gasteiger partial charge in [0.25, 0.3) is 0 Å². The van der Waals surface area contributed by atoms with E-state index in [2.05, 4.69) is 20.9 Å². The summed E-state index contributed by atoms with van der Waals surface area (Å²) in [4.78, 5) is 65.2. The van der Waals surface area contributed by atoms with Crippen LogP contribution in [0.1, 0.15) is 44.1 Å². The van der Waals surface area contributed by atoms with E-state index in [1.54, 1.807) is 6.20 Å². The Hall–Kier alpha value is -3.62. The molecule has 0 spiro atoms. The molecule has 1 aromatic heterocycles. The Kier molecular flexibility index (Phi) is 14.1. The Labute approximate surface area is 242 Å². The molecule has 0 saturated carbocycles. The summed E-state index contributed by atoms with van der Waals surface area (Å²) in [6.07, 6.45) is 4.80. The average molecular weight is 593 g/mol. The second-order valence-electron chi connectivity index (χ2n) is 9.69. The van der Waals surface area contributed by atoms with Crippen LogP contribution in [0.5, 0.6) is 0 Å². The molecule has 1 heterocycles. The number of rotatable bonds is 19. The van der Waals surface area contributed by atoms with Crippen LogP contribution < -0.4 is 27.4 Å². The van der Waals surface area contributed by atoms with Gasteiger partial charge in [0.15, 0.2) is 0 Å². The lowest BCUT2D eigenvalue weighted by molar-refractivity contribution is -0.143. The number of fused-ring (bicyclic) bond motifs is 1. The second-order valence-corrected chi connectivity index (χ2v) is 10.7. The van der Waals surface area contributed by atoms with E-state index in [9.17, 15) is 29.1 Å². The normalized spacial score (nSPS) is 14.0. The smallest absolute Gasteiger partial charge is 0.326 e. The van der Waals surface area contributed by atoms with E-state index in [-0.39, 0.29) is 19.3 Å². The highest BCUT2D eigenvalue weighted by Gasteiger charge is 2.31. The van der Waals surface area contributed by atoms with Gasteiger partial charge in [-0.15, -0.1) is 0 Å². The number of nitrogens with one attached hydrogen (secondary N) is 4. The fourth-order valence-corrected chi connectivity index (χ4v) is 4.69. The Morgan fingerprint density at radius 3 is 2.22 bits per heavy atom. The molecule has 2 rings (SSSR count).